The SMILES string of the molecule is CCc1c(F)ccc2cc(O)cc(-c3ncc4c(N5CC6CCC(C5)N6)nc(OCCN5CCC(CC6CCN(CC7CCN(c8cccc9c8n(C)c(=O)n9C8CCC(=O)NC8=O)CC7)CC6)CC5)nc4c3F)c12. The topological polar surface area (TPSA) is 166 Å². The number of para-hydroxylation sites is 1. The Balaban J connectivity index is 0.632. The van der Waals surface area contributed by atoms with E-state index in [0.29, 0.717) is 76.5 Å². The fourth-order valence-electron chi connectivity index (χ4n) is 13.7. The number of benzene rings is 3. The minimum Gasteiger partial charge on any atom is -0.508 e. The van der Waals surface area contributed by atoms with Gasteiger partial charge >= 0.3 is 11.7 Å². The molecule has 6 saturated heterocycles. The summed E-state index contributed by atoms with van der Waals surface area (Å²) in [5, 5.41) is 18.4. The number of fused-ring (bicyclic) bond motifs is 5. The van der Waals surface area contributed by atoms with Gasteiger partial charge in [-0.15, -0.1) is 0 Å². The minimum absolute atomic E-state index is 0.00724. The number of nitrogens with one attached hydrogen (secondary N) is 2. The average Bonchev–Trinajstić information content (AvgIpc) is 3.89. The van der Waals surface area contributed by atoms with Gasteiger partial charge in [0, 0.05) is 76.6 Å². The highest BCUT2D eigenvalue weighted by Gasteiger charge is 2.36. The molecule has 0 radical (unpaired) electrons. The number of pyridine rings is 1. The van der Waals surface area contributed by atoms with Crippen molar-refractivity contribution in [1.82, 2.24) is 44.5 Å². The van der Waals surface area contributed by atoms with Crippen LogP contribution in [0.3, 0.4) is 0 Å². The van der Waals surface area contributed by atoms with Crippen molar-refractivity contribution < 1.29 is 28.2 Å². The number of halogens is 2. The number of piperazine rings is 1. The summed E-state index contributed by atoms with van der Waals surface area (Å²) in [4.78, 5) is 62.2. The van der Waals surface area contributed by atoms with Crippen molar-refractivity contribution in [3.8, 4) is 23.0 Å². The molecule has 6 aliphatic heterocycles. The zero-order valence-electron chi connectivity index (χ0n) is 43.2. The van der Waals surface area contributed by atoms with Crippen molar-refractivity contribution in [2.24, 2.45) is 24.8 Å². The van der Waals surface area contributed by atoms with Crippen LogP contribution >= 0.6 is 0 Å². The molecule has 6 aromatic rings. The Morgan fingerprint density at radius 2 is 1.53 bits per heavy atom. The maximum Gasteiger partial charge on any atom is 0.329 e. The number of hydrogen-bond donors (Lipinski definition) is 3. The van der Waals surface area contributed by atoms with Crippen LogP contribution in [0.2, 0.25) is 0 Å². The first kappa shape index (κ1) is 49.6. The number of piperidine rings is 4. The Bertz CT molecular complexity index is 3200. The summed E-state index contributed by atoms with van der Waals surface area (Å²) in [6, 6.07) is 12.0. The van der Waals surface area contributed by atoms with Crippen molar-refractivity contribution >= 4 is 56.0 Å². The van der Waals surface area contributed by atoms with E-state index < -0.39 is 17.8 Å². The number of rotatable bonds is 13. The van der Waals surface area contributed by atoms with Crippen LogP contribution in [0.4, 0.5) is 20.3 Å². The summed E-state index contributed by atoms with van der Waals surface area (Å²) in [6.45, 7) is 11.7. The van der Waals surface area contributed by atoms with Gasteiger partial charge in [0.2, 0.25) is 11.8 Å². The molecular weight excluding hydrogens is 957 g/mol. The first-order valence-electron chi connectivity index (χ1n) is 27.6. The molecule has 16 nitrogen and oxygen atoms in total. The first-order valence-corrected chi connectivity index (χ1v) is 27.6. The molecule has 3 atom stereocenters. The number of carbonyl (C=O) groups is 2. The van der Waals surface area contributed by atoms with Gasteiger partial charge in [0.25, 0.3) is 0 Å². The Labute approximate surface area is 435 Å². The molecule has 75 heavy (non-hydrogen) atoms. The van der Waals surface area contributed by atoms with Crippen LogP contribution in [-0.4, -0.2) is 135 Å². The molecule has 18 heteroatoms. The summed E-state index contributed by atoms with van der Waals surface area (Å²) in [5.41, 5.74) is 3.20. The van der Waals surface area contributed by atoms with E-state index in [-0.39, 0.29) is 46.8 Å². The molecule has 6 fully saturated rings. The Kier molecular flexibility index (Phi) is 13.7. The molecular formula is C57H69F2N11O5. The third kappa shape index (κ3) is 9.71. The second-order valence-corrected chi connectivity index (χ2v) is 22.4. The maximum atomic E-state index is 17.1. The second-order valence-electron chi connectivity index (χ2n) is 22.4. The van der Waals surface area contributed by atoms with Crippen molar-refractivity contribution in [2.45, 2.75) is 102 Å². The van der Waals surface area contributed by atoms with Crippen LogP contribution in [0.5, 0.6) is 11.8 Å². The van der Waals surface area contributed by atoms with E-state index in [4.69, 9.17) is 14.7 Å². The van der Waals surface area contributed by atoms with Gasteiger partial charge in [-0.05, 0) is 161 Å². The number of amides is 2. The number of phenolic OH excluding ortho intramolecular Hbond substituents is 1. The molecule has 9 heterocycles. The number of aryl methyl sites for hydroxylation is 2. The molecule has 0 spiro atoms. The van der Waals surface area contributed by atoms with E-state index in [1.807, 2.05) is 19.1 Å². The molecule has 0 saturated carbocycles. The van der Waals surface area contributed by atoms with Gasteiger partial charge in [0.1, 0.15) is 41.2 Å². The van der Waals surface area contributed by atoms with Gasteiger partial charge in [0.05, 0.1) is 22.1 Å². The number of anilines is 2. The van der Waals surface area contributed by atoms with Gasteiger partial charge < -0.3 is 29.9 Å². The van der Waals surface area contributed by atoms with Crippen LogP contribution in [0.15, 0.2) is 53.5 Å². The second kappa shape index (κ2) is 20.7. The predicted octanol–water partition coefficient (Wildman–Crippen LogP) is 7.07. The lowest BCUT2D eigenvalue weighted by Gasteiger charge is -2.39. The monoisotopic (exact) mass is 1030 g/mol. The van der Waals surface area contributed by atoms with Crippen molar-refractivity contribution in [3.63, 3.8) is 0 Å². The number of nitrogens with zero attached hydrogens (tertiary/aromatic N) is 9. The van der Waals surface area contributed by atoms with E-state index in [9.17, 15) is 19.5 Å². The summed E-state index contributed by atoms with van der Waals surface area (Å²) in [7, 11) is 1.78. The highest BCUT2D eigenvalue weighted by Crippen LogP contribution is 2.40. The van der Waals surface area contributed by atoms with E-state index in [1.54, 1.807) is 34.5 Å². The fraction of sp³-hybridized carbons (Fsp3) is 0.544. The highest BCUT2D eigenvalue weighted by molar-refractivity contribution is 6.02. The van der Waals surface area contributed by atoms with Crippen LogP contribution in [0.25, 0.3) is 44.0 Å². The van der Waals surface area contributed by atoms with Gasteiger partial charge in [-0.3, -0.25) is 33.9 Å². The van der Waals surface area contributed by atoms with E-state index in [1.165, 1.54) is 44.2 Å². The first-order chi connectivity index (χ1) is 36.5. The van der Waals surface area contributed by atoms with Gasteiger partial charge in [0.15, 0.2) is 5.82 Å². The molecule has 6 aliphatic rings. The lowest BCUT2D eigenvalue weighted by atomic mass is 9.82. The molecule has 3 aromatic heterocycles. The molecule has 12 rings (SSSR count). The number of imidazole rings is 1. The van der Waals surface area contributed by atoms with E-state index in [0.717, 1.165) is 114 Å². The number of phenols is 1. The minimum atomic E-state index is -0.695. The Morgan fingerprint density at radius 1 is 0.813 bits per heavy atom. The smallest absolute Gasteiger partial charge is 0.329 e. The number of imide groups is 1. The molecule has 3 aromatic carbocycles. The Hall–Kier alpha value is -6.24. The van der Waals surface area contributed by atoms with E-state index in [2.05, 4.69) is 41.3 Å². The van der Waals surface area contributed by atoms with Crippen LogP contribution in [-0.2, 0) is 23.1 Å². The maximum absolute atomic E-state index is 17.1. The molecule has 396 valence electrons. The molecule has 3 unspecified atom stereocenters. The number of aromatic hydroxyl groups is 1. The summed E-state index contributed by atoms with van der Waals surface area (Å²) in [6.07, 6.45) is 13.0. The average molecular weight is 1030 g/mol. The largest absolute Gasteiger partial charge is 0.508 e. The van der Waals surface area contributed by atoms with E-state index >= 15 is 8.78 Å². The highest BCUT2D eigenvalue weighted by atomic mass is 19.1. The Morgan fingerprint density at radius 3 is 2.25 bits per heavy atom. The van der Waals surface area contributed by atoms with Crippen LogP contribution < -0.4 is 30.9 Å². The molecule has 2 amide bonds. The predicted molar refractivity (Wildman–Crippen MR) is 285 cm³/mol. The molecule has 2 bridgehead atoms. The lowest BCUT2D eigenvalue weighted by Crippen LogP contribution is -2.51. The fourth-order valence-corrected chi connectivity index (χ4v) is 13.7. The van der Waals surface area contributed by atoms with Crippen molar-refractivity contribution in [1.29, 1.82) is 0 Å². The summed E-state index contributed by atoms with van der Waals surface area (Å²) < 4.78 is 41.8. The number of ether oxygens (including phenoxy) is 1. The lowest BCUT2D eigenvalue weighted by molar-refractivity contribution is -0.135. The third-order valence-corrected chi connectivity index (χ3v) is 17.7. The quantitative estimate of drug-likeness (QED) is 0.101. The van der Waals surface area contributed by atoms with Crippen molar-refractivity contribution in [2.75, 3.05) is 81.9 Å². The van der Waals surface area contributed by atoms with Gasteiger partial charge in [-0.1, -0.05) is 19.1 Å². The zero-order chi connectivity index (χ0) is 51.5. The van der Waals surface area contributed by atoms with Crippen LogP contribution in [0, 0.1) is 29.4 Å². The zero-order valence-corrected chi connectivity index (χ0v) is 43.2. The van der Waals surface area contributed by atoms with Gasteiger partial charge in [-0.25, -0.2) is 13.6 Å². The third-order valence-electron chi connectivity index (χ3n) is 17.7. The standard InChI is InChI=1S/C57H69F2N11O5/c1-3-41-44(58)10-7-37-28-40(71)29-42(49(37)41)51-50(59)52-43(30-60-51)54(69-32-38-8-9-39(33-69)61-38)64-56(63-52)75-26-25-66-19-13-34(14-20-66)27-35-15-21-67(22-16-35)31-36-17-23-68(24-18-36)45-5-4-6-46-53(45)65(2)57(74)70(46)47-11-12-48(72)62-55(47)73/h4-7,10,28-30,34-36,38-39,47,61,71H,3,8-9,11-27,31-33H2,1-2H3,(H,62,72,73). The normalized spacial score (nSPS) is 22.8. The number of carbonyl (C=O) groups excluding carboxylic acids is 2. The molecule has 3 N–H and O–H groups in total. The van der Waals surface area contributed by atoms with Crippen LogP contribution in [0.1, 0.15) is 89.2 Å². The van der Waals surface area contributed by atoms with Crippen molar-refractivity contribution in [3.05, 3.63) is 76.3 Å². The van der Waals surface area contributed by atoms with Gasteiger partial charge in [-0.2, -0.15) is 9.97 Å². The number of hydrogen-bond acceptors (Lipinski definition) is 13. The number of likely N-dealkylation sites (tertiary alicyclic amines) is 2. The summed E-state index contributed by atoms with van der Waals surface area (Å²) >= 11 is 0. The molecule has 0 aliphatic carbocycles. The summed E-state index contributed by atoms with van der Waals surface area (Å²) in [5.74, 6) is 0.887. The number of aromatic nitrogens is 5.